The number of hydrogen-bond acceptors (Lipinski definition) is 1. The molecule has 1 atom stereocenters. The molecule has 0 amide bonds. The molecule has 0 rings (SSSR count). The molecule has 2 heteroatoms. The van der Waals surface area contributed by atoms with E-state index in [1.54, 1.807) is 6.08 Å². The van der Waals surface area contributed by atoms with E-state index in [2.05, 4.69) is 6.92 Å². The van der Waals surface area contributed by atoms with Crippen molar-refractivity contribution in [3.05, 3.63) is 23.3 Å². The molecule has 0 saturated heterocycles. The Morgan fingerprint density at radius 2 is 2.00 bits per heavy atom. The maximum atomic E-state index is 11.1. The van der Waals surface area contributed by atoms with E-state index in [0.717, 1.165) is 12.0 Å². The van der Waals surface area contributed by atoms with Gasteiger partial charge in [-0.3, -0.25) is 0 Å². The minimum atomic E-state index is -1.02. The van der Waals surface area contributed by atoms with E-state index in [-0.39, 0.29) is 0 Å². The van der Waals surface area contributed by atoms with E-state index in [0.29, 0.717) is 6.61 Å². The Kier molecular flexibility index (Phi) is 6.55. The van der Waals surface area contributed by atoms with Crippen molar-refractivity contribution in [3.8, 4) is 0 Å². The number of hydrogen-bond donors (Lipinski definition) is 0. The number of rotatable bonds is 5. The topological polar surface area (TPSA) is 29.1 Å². The molecule has 0 aliphatic heterocycles. The van der Waals surface area contributed by atoms with Crippen LogP contribution in [-0.2, 0) is 9.84 Å². The molecule has 0 fully saturated rings. The Balaban J connectivity index is 3.71. The van der Waals surface area contributed by atoms with Crippen molar-refractivity contribution in [1.82, 2.24) is 0 Å². The van der Waals surface area contributed by atoms with Gasteiger partial charge in [-0.1, -0.05) is 24.1 Å². The highest BCUT2D eigenvalue weighted by molar-refractivity contribution is 4.98. The molecule has 0 spiro atoms. The highest BCUT2D eigenvalue weighted by atomic mass is 16.6. The second kappa shape index (κ2) is 6.87. The van der Waals surface area contributed by atoms with Crippen molar-refractivity contribution in [1.29, 1.82) is 0 Å². The van der Waals surface area contributed by atoms with E-state index in [9.17, 15) is 5.11 Å². The van der Waals surface area contributed by atoms with E-state index in [1.165, 1.54) is 5.57 Å². The zero-order valence-electron chi connectivity index (χ0n) is 8.96. The maximum Gasteiger partial charge on any atom is 0.211 e. The smallest absolute Gasteiger partial charge is 0.211 e. The zero-order valence-corrected chi connectivity index (χ0v) is 8.96. The van der Waals surface area contributed by atoms with E-state index in [1.807, 2.05) is 26.8 Å². The third kappa shape index (κ3) is 7.75. The van der Waals surface area contributed by atoms with Gasteiger partial charge in [-0.05, 0) is 33.3 Å². The van der Waals surface area contributed by atoms with Crippen LogP contribution in [0.4, 0.5) is 0 Å². The van der Waals surface area contributed by atoms with Gasteiger partial charge in [0.15, 0.2) is 0 Å². The molecule has 0 aliphatic rings. The predicted octanol–water partition coefficient (Wildman–Crippen LogP) is 3.08. The summed E-state index contributed by atoms with van der Waals surface area (Å²) in [5.41, 5.74) is 2.25. The van der Waals surface area contributed by atoms with Gasteiger partial charge in [-0.2, -0.15) is 5.11 Å². The zero-order chi connectivity index (χ0) is 10.3. The molecule has 0 heterocycles. The summed E-state index contributed by atoms with van der Waals surface area (Å²) in [5, 5.41) is 11.1. The first-order chi connectivity index (χ1) is 6.06. The standard InChI is InChI=1S/C11H19O2/c1-5-10(4)6-7-13-11(12)8-9(2)3/h6,8,11H,5,7H2,1-4H3. The molecule has 2 nitrogen and oxygen atoms in total. The maximum absolute atomic E-state index is 11.1. The summed E-state index contributed by atoms with van der Waals surface area (Å²) >= 11 is 0. The lowest BCUT2D eigenvalue weighted by Gasteiger charge is -2.04. The van der Waals surface area contributed by atoms with Crippen LogP contribution in [0.2, 0.25) is 0 Å². The van der Waals surface area contributed by atoms with Crippen molar-refractivity contribution < 1.29 is 9.84 Å². The first-order valence-electron chi connectivity index (χ1n) is 4.64. The molecule has 13 heavy (non-hydrogen) atoms. The van der Waals surface area contributed by atoms with Crippen molar-refractivity contribution in [2.75, 3.05) is 6.61 Å². The lowest BCUT2D eigenvalue weighted by molar-refractivity contribution is -0.0968. The second-order valence-electron chi connectivity index (χ2n) is 3.35. The van der Waals surface area contributed by atoms with Crippen LogP contribution in [0.3, 0.4) is 0 Å². The van der Waals surface area contributed by atoms with Gasteiger partial charge in [0.2, 0.25) is 6.29 Å². The normalized spacial score (nSPS) is 14.1. The molecule has 0 bridgehead atoms. The van der Waals surface area contributed by atoms with Crippen molar-refractivity contribution >= 4 is 0 Å². The predicted molar refractivity (Wildman–Crippen MR) is 53.9 cm³/mol. The fourth-order valence-electron chi connectivity index (χ4n) is 0.750. The average molecular weight is 183 g/mol. The average Bonchev–Trinajstić information content (AvgIpc) is 2.02. The van der Waals surface area contributed by atoms with Gasteiger partial charge in [0.1, 0.15) is 0 Å². The summed E-state index contributed by atoms with van der Waals surface area (Å²) in [7, 11) is 0. The van der Waals surface area contributed by atoms with Crippen molar-refractivity contribution in [3.63, 3.8) is 0 Å². The van der Waals surface area contributed by atoms with Gasteiger partial charge in [-0.25, -0.2) is 0 Å². The third-order valence-electron chi connectivity index (χ3n) is 1.72. The Bertz CT molecular complexity index is 188. The summed E-state index contributed by atoms with van der Waals surface area (Å²) in [6.45, 7) is 8.31. The lowest BCUT2D eigenvalue weighted by atomic mass is 10.2. The van der Waals surface area contributed by atoms with Crippen LogP contribution in [0.5, 0.6) is 0 Å². The largest absolute Gasteiger partial charge is 0.342 e. The van der Waals surface area contributed by atoms with Crippen LogP contribution in [-0.4, -0.2) is 12.9 Å². The van der Waals surface area contributed by atoms with Crippen LogP contribution in [0, 0.1) is 0 Å². The lowest BCUT2D eigenvalue weighted by Crippen LogP contribution is -2.07. The Hall–Kier alpha value is -0.600. The highest BCUT2D eigenvalue weighted by Gasteiger charge is 1.99. The molecule has 75 valence electrons. The first kappa shape index (κ1) is 12.4. The molecule has 0 N–H and O–H groups in total. The van der Waals surface area contributed by atoms with Crippen LogP contribution < -0.4 is 0 Å². The molecule has 0 aromatic carbocycles. The van der Waals surface area contributed by atoms with Gasteiger partial charge >= 0.3 is 0 Å². The van der Waals surface area contributed by atoms with Gasteiger partial charge in [0.05, 0.1) is 6.61 Å². The van der Waals surface area contributed by atoms with E-state index < -0.39 is 6.29 Å². The van der Waals surface area contributed by atoms with Gasteiger partial charge in [0, 0.05) is 0 Å². The Labute approximate surface area is 80.9 Å². The second-order valence-corrected chi connectivity index (χ2v) is 3.35. The number of allylic oxidation sites excluding steroid dienone is 2. The summed E-state index contributed by atoms with van der Waals surface area (Å²) in [6.07, 6.45) is 3.51. The summed E-state index contributed by atoms with van der Waals surface area (Å²) in [5.74, 6) is 0. The molecule has 0 aromatic heterocycles. The van der Waals surface area contributed by atoms with Crippen molar-refractivity contribution in [2.45, 2.75) is 40.4 Å². The summed E-state index contributed by atoms with van der Waals surface area (Å²) in [4.78, 5) is 0. The SMILES string of the molecule is CCC(C)=CCOC([O])C=C(C)C. The van der Waals surface area contributed by atoms with Gasteiger partial charge in [0.25, 0.3) is 0 Å². The summed E-state index contributed by atoms with van der Waals surface area (Å²) in [6, 6.07) is 0. The fraction of sp³-hybridized carbons (Fsp3) is 0.636. The van der Waals surface area contributed by atoms with Gasteiger partial charge < -0.3 is 4.74 Å². The quantitative estimate of drug-likeness (QED) is 0.475. The fourth-order valence-corrected chi connectivity index (χ4v) is 0.750. The number of ether oxygens (including phenoxy) is 1. The highest BCUT2D eigenvalue weighted by Crippen LogP contribution is 2.00. The molecular weight excluding hydrogens is 164 g/mol. The Morgan fingerprint density at radius 3 is 2.46 bits per heavy atom. The third-order valence-corrected chi connectivity index (χ3v) is 1.72. The van der Waals surface area contributed by atoms with Crippen LogP contribution in [0.15, 0.2) is 23.3 Å². The molecule has 1 radical (unpaired) electrons. The molecule has 0 aliphatic carbocycles. The van der Waals surface area contributed by atoms with Crippen LogP contribution in [0.25, 0.3) is 0 Å². The molecule has 0 saturated carbocycles. The summed E-state index contributed by atoms with van der Waals surface area (Å²) < 4.78 is 5.02. The molecular formula is C11H19O2. The molecule has 1 unspecified atom stereocenters. The Morgan fingerprint density at radius 1 is 1.38 bits per heavy atom. The van der Waals surface area contributed by atoms with Crippen molar-refractivity contribution in [2.24, 2.45) is 0 Å². The van der Waals surface area contributed by atoms with Gasteiger partial charge in [-0.15, -0.1) is 0 Å². The van der Waals surface area contributed by atoms with E-state index >= 15 is 0 Å². The first-order valence-corrected chi connectivity index (χ1v) is 4.64. The minimum absolute atomic E-state index is 0.414. The van der Waals surface area contributed by atoms with E-state index in [4.69, 9.17) is 4.74 Å². The van der Waals surface area contributed by atoms with Crippen LogP contribution in [0.1, 0.15) is 34.1 Å². The monoisotopic (exact) mass is 183 g/mol. The minimum Gasteiger partial charge on any atom is -0.342 e. The van der Waals surface area contributed by atoms with Crippen LogP contribution >= 0.6 is 0 Å². The molecule has 0 aromatic rings.